The van der Waals surface area contributed by atoms with Gasteiger partial charge in [0.2, 0.25) is 5.91 Å². The zero-order valence-corrected chi connectivity index (χ0v) is 16.9. The molecule has 0 radical (unpaired) electrons. The van der Waals surface area contributed by atoms with E-state index in [1.54, 1.807) is 23.7 Å². The Morgan fingerprint density at radius 1 is 1.17 bits per heavy atom. The maximum Gasteiger partial charge on any atom is 0.262 e. The fourth-order valence-corrected chi connectivity index (χ4v) is 5.76. The molecule has 1 aromatic carbocycles. The Morgan fingerprint density at radius 2 is 2.03 bits per heavy atom. The molecule has 0 fully saturated rings. The number of fused-ring (bicyclic) bond motifs is 4. The van der Waals surface area contributed by atoms with Crippen LogP contribution < -0.4 is 10.5 Å². The summed E-state index contributed by atoms with van der Waals surface area (Å²) < 4.78 is 15.9. The lowest BCUT2D eigenvalue weighted by molar-refractivity contribution is -0.119. The summed E-state index contributed by atoms with van der Waals surface area (Å²) in [4.78, 5) is 34.0. The zero-order valence-electron chi connectivity index (χ0n) is 16.1. The van der Waals surface area contributed by atoms with Crippen LogP contribution in [-0.2, 0) is 30.6 Å². The van der Waals surface area contributed by atoms with Gasteiger partial charge in [-0.1, -0.05) is 12.1 Å². The van der Waals surface area contributed by atoms with Crippen LogP contribution in [0.15, 0.2) is 29.3 Å². The first-order valence-electron chi connectivity index (χ1n) is 10.2. The lowest BCUT2D eigenvalue weighted by Crippen LogP contribution is -2.37. The minimum Gasteiger partial charge on any atom is -0.309 e. The lowest BCUT2D eigenvalue weighted by Gasteiger charge is -2.30. The molecule has 3 aromatic rings. The molecule has 0 saturated heterocycles. The van der Waals surface area contributed by atoms with E-state index >= 15 is 0 Å². The van der Waals surface area contributed by atoms with E-state index in [2.05, 4.69) is 4.98 Å². The predicted octanol–water partition coefficient (Wildman–Crippen LogP) is 3.85. The molecule has 0 unspecified atom stereocenters. The van der Waals surface area contributed by atoms with Crippen molar-refractivity contribution in [2.75, 3.05) is 11.4 Å². The molecule has 1 aliphatic heterocycles. The number of halogens is 1. The number of nitrogens with zero attached hydrogens (tertiary/aromatic N) is 3. The minimum atomic E-state index is -0.360. The molecule has 150 valence electrons. The third kappa shape index (κ3) is 3.17. The number of hydrogen-bond acceptors (Lipinski definition) is 4. The van der Waals surface area contributed by atoms with Gasteiger partial charge in [0, 0.05) is 24.4 Å². The van der Waals surface area contributed by atoms with Crippen molar-refractivity contribution in [2.45, 2.75) is 51.5 Å². The quantitative estimate of drug-likeness (QED) is 0.658. The van der Waals surface area contributed by atoms with Crippen LogP contribution in [0, 0.1) is 5.82 Å². The van der Waals surface area contributed by atoms with Crippen LogP contribution in [0.4, 0.5) is 10.1 Å². The van der Waals surface area contributed by atoms with Crippen molar-refractivity contribution in [3.8, 4) is 0 Å². The second-order valence-corrected chi connectivity index (χ2v) is 8.86. The number of hydrogen-bond donors (Lipinski definition) is 0. The lowest BCUT2D eigenvalue weighted by atomic mass is 9.97. The Hall–Kier alpha value is -2.54. The molecule has 5 nitrogen and oxygen atoms in total. The molecule has 5 rings (SSSR count). The van der Waals surface area contributed by atoms with Crippen LogP contribution in [0.5, 0.6) is 0 Å². The fourth-order valence-electron chi connectivity index (χ4n) is 4.54. The molecular formula is C22H22FN3O2S. The van der Waals surface area contributed by atoms with Gasteiger partial charge in [-0.05, 0) is 55.7 Å². The monoisotopic (exact) mass is 411 g/mol. The molecule has 0 bridgehead atoms. The van der Waals surface area contributed by atoms with Gasteiger partial charge in [-0.25, -0.2) is 9.37 Å². The second-order valence-electron chi connectivity index (χ2n) is 7.78. The number of anilines is 1. The predicted molar refractivity (Wildman–Crippen MR) is 112 cm³/mol. The summed E-state index contributed by atoms with van der Waals surface area (Å²) >= 11 is 1.62. The van der Waals surface area contributed by atoms with Crippen LogP contribution >= 0.6 is 11.3 Å². The maximum absolute atomic E-state index is 14.4. The molecule has 0 saturated carbocycles. The van der Waals surface area contributed by atoms with Gasteiger partial charge in [0.1, 0.15) is 10.6 Å². The fraction of sp³-hybridized carbons (Fsp3) is 0.409. The number of thiophene rings is 1. The summed E-state index contributed by atoms with van der Waals surface area (Å²) in [6.45, 7) is 0.766. The van der Waals surface area contributed by atoms with Crippen molar-refractivity contribution in [3.05, 3.63) is 56.7 Å². The van der Waals surface area contributed by atoms with Gasteiger partial charge in [-0.3, -0.25) is 14.2 Å². The second kappa shape index (κ2) is 7.37. The number of rotatable bonds is 3. The van der Waals surface area contributed by atoms with Crippen molar-refractivity contribution >= 4 is 33.1 Å². The van der Waals surface area contributed by atoms with Crippen molar-refractivity contribution < 1.29 is 9.18 Å². The van der Waals surface area contributed by atoms with Gasteiger partial charge < -0.3 is 4.90 Å². The van der Waals surface area contributed by atoms with E-state index in [0.29, 0.717) is 12.2 Å². The van der Waals surface area contributed by atoms with Crippen LogP contribution in [-0.4, -0.2) is 22.0 Å². The van der Waals surface area contributed by atoms with Gasteiger partial charge in [0.05, 0.1) is 17.4 Å². The van der Waals surface area contributed by atoms with Gasteiger partial charge in [-0.2, -0.15) is 0 Å². The maximum atomic E-state index is 14.4. The SMILES string of the molecule is O=C(CCn1cnc2sc3c(c2c1=O)CCCC3)N1CCCc2cccc(F)c21. The van der Waals surface area contributed by atoms with E-state index in [1.807, 2.05) is 6.07 Å². The number of benzene rings is 1. The summed E-state index contributed by atoms with van der Waals surface area (Å²) in [6, 6.07) is 4.95. The van der Waals surface area contributed by atoms with E-state index in [4.69, 9.17) is 0 Å². The van der Waals surface area contributed by atoms with Gasteiger partial charge in [0.25, 0.3) is 5.56 Å². The van der Waals surface area contributed by atoms with Crippen LogP contribution in [0.1, 0.15) is 41.7 Å². The van der Waals surface area contributed by atoms with Crippen LogP contribution in [0.2, 0.25) is 0 Å². The Morgan fingerprint density at radius 3 is 2.93 bits per heavy atom. The average molecular weight is 412 g/mol. The highest BCUT2D eigenvalue weighted by atomic mass is 32.1. The van der Waals surface area contributed by atoms with E-state index < -0.39 is 0 Å². The average Bonchev–Trinajstić information content (AvgIpc) is 3.12. The third-order valence-electron chi connectivity index (χ3n) is 5.98. The minimum absolute atomic E-state index is 0.0626. The highest BCUT2D eigenvalue weighted by Gasteiger charge is 2.26. The third-order valence-corrected chi connectivity index (χ3v) is 7.18. The molecule has 1 aliphatic carbocycles. The highest BCUT2D eigenvalue weighted by molar-refractivity contribution is 7.18. The number of para-hydroxylation sites is 1. The zero-order chi connectivity index (χ0) is 20.0. The molecule has 7 heteroatoms. The summed E-state index contributed by atoms with van der Waals surface area (Å²) in [6.07, 6.45) is 7.50. The highest BCUT2D eigenvalue weighted by Crippen LogP contribution is 2.33. The first kappa shape index (κ1) is 18.5. The number of aryl methyl sites for hydroxylation is 4. The summed E-state index contributed by atoms with van der Waals surface area (Å²) in [7, 11) is 0. The molecular weight excluding hydrogens is 389 g/mol. The summed E-state index contributed by atoms with van der Waals surface area (Å²) in [5, 5.41) is 0.731. The van der Waals surface area contributed by atoms with Crippen LogP contribution in [0.25, 0.3) is 10.2 Å². The first-order valence-corrected chi connectivity index (χ1v) is 11.0. The molecule has 0 spiro atoms. The standard InChI is InChI=1S/C22H22FN3O2S/c23-16-8-3-5-14-6-4-11-26(20(14)16)18(27)10-12-25-13-24-21-19(22(25)28)15-7-1-2-9-17(15)29-21/h3,5,8,13H,1-2,4,6-7,9-12H2. The Bertz CT molecular complexity index is 1170. The Kier molecular flexibility index (Phi) is 4.70. The number of aromatic nitrogens is 2. The van der Waals surface area contributed by atoms with E-state index in [-0.39, 0.29) is 30.2 Å². The number of carbonyl (C=O) groups excluding carboxylic acids is 1. The van der Waals surface area contributed by atoms with Gasteiger partial charge >= 0.3 is 0 Å². The Labute approximate surface area is 171 Å². The molecule has 29 heavy (non-hydrogen) atoms. The van der Waals surface area contributed by atoms with Gasteiger partial charge in [-0.15, -0.1) is 11.3 Å². The number of carbonyl (C=O) groups is 1. The molecule has 0 atom stereocenters. The van der Waals surface area contributed by atoms with E-state index in [9.17, 15) is 14.0 Å². The topological polar surface area (TPSA) is 55.2 Å². The molecule has 2 aliphatic rings. The normalized spacial score (nSPS) is 16.0. The molecule has 3 heterocycles. The smallest absolute Gasteiger partial charge is 0.262 e. The van der Waals surface area contributed by atoms with Crippen molar-refractivity contribution in [1.29, 1.82) is 0 Å². The Balaban J connectivity index is 1.40. The molecule has 1 amide bonds. The molecule has 2 aromatic heterocycles. The summed E-state index contributed by atoms with van der Waals surface area (Å²) in [5.74, 6) is -0.518. The first-order chi connectivity index (χ1) is 14.1. The van der Waals surface area contributed by atoms with Gasteiger partial charge in [0.15, 0.2) is 0 Å². The van der Waals surface area contributed by atoms with E-state index in [1.165, 1.54) is 20.4 Å². The molecule has 0 N–H and O–H groups in total. The van der Waals surface area contributed by atoms with Crippen molar-refractivity contribution in [1.82, 2.24) is 9.55 Å². The van der Waals surface area contributed by atoms with Crippen molar-refractivity contribution in [2.24, 2.45) is 0 Å². The number of amides is 1. The van der Waals surface area contributed by atoms with Crippen LogP contribution in [0.3, 0.4) is 0 Å². The summed E-state index contributed by atoms with van der Waals surface area (Å²) in [5.41, 5.74) is 2.36. The van der Waals surface area contributed by atoms with Crippen molar-refractivity contribution in [3.63, 3.8) is 0 Å². The largest absolute Gasteiger partial charge is 0.309 e. The van der Waals surface area contributed by atoms with E-state index in [0.717, 1.165) is 59.9 Å².